The molecule has 0 aromatic heterocycles. The van der Waals surface area contributed by atoms with E-state index in [9.17, 15) is 22.7 Å². The predicted molar refractivity (Wildman–Crippen MR) is 66.7 cm³/mol. The highest BCUT2D eigenvalue weighted by Crippen LogP contribution is 2.27. The van der Waals surface area contributed by atoms with Crippen molar-refractivity contribution >= 4 is 16.0 Å². The molecule has 2 rings (SSSR count). The van der Waals surface area contributed by atoms with Crippen LogP contribution in [0.1, 0.15) is 6.42 Å². The smallest absolute Gasteiger partial charge is 0.324 e. The molecule has 0 spiro atoms. The second kappa shape index (κ2) is 5.47. The van der Waals surface area contributed by atoms with Crippen molar-refractivity contribution in [2.75, 3.05) is 13.7 Å². The molecule has 6 nitrogen and oxygen atoms in total. The highest BCUT2D eigenvalue weighted by molar-refractivity contribution is 7.89. The number of nitrogens with zero attached hydrogens (tertiary/aromatic N) is 1. The molecule has 1 aliphatic heterocycles. The van der Waals surface area contributed by atoms with E-state index in [4.69, 9.17) is 0 Å². The van der Waals surface area contributed by atoms with Gasteiger partial charge in [-0.05, 0) is 24.3 Å². The van der Waals surface area contributed by atoms with Crippen LogP contribution in [0.2, 0.25) is 0 Å². The number of aliphatic hydroxyl groups is 1. The standard InChI is InChI=1S/C12H14FNO5S/c1-19-12(16)11-6-9(15)7-14(11)20(17,18)10-4-2-8(13)3-5-10/h2-5,9,11,15H,6-7H2,1H3. The first-order valence-electron chi connectivity index (χ1n) is 5.89. The highest BCUT2D eigenvalue weighted by atomic mass is 32.2. The monoisotopic (exact) mass is 303 g/mol. The Morgan fingerprint density at radius 3 is 2.55 bits per heavy atom. The maximum atomic E-state index is 12.9. The third kappa shape index (κ3) is 2.67. The molecule has 0 radical (unpaired) electrons. The fourth-order valence-corrected chi connectivity index (χ4v) is 3.77. The number of carbonyl (C=O) groups is 1. The Balaban J connectivity index is 2.37. The summed E-state index contributed by atoms with van der Waals surface area (Å²) in [5.74, 6) is -1.29. The van der Waals surface area contributed by atoms with Gasteiger partial charge in [0.25, 0.3) is 0 Å². The van der Waals surface area contributed by atoms with E-state index in [-0.39, 0.29) is 17.9 Å². The maximum Gasteiger partial charge on any atom is 0.324 e. The fourth-order valence-electron chi connectivity index (χ4n) is 2.14. The van der Waals surface area contributed by atoms with E-state index in [1.165, 1.54) is 0 Å². The Hall–Kier alpha value is -1.51. The Morgan fingerprint density at radius 1 is 1.40 bits per heavy atom. The maximum absolute atomic E-state index is 12.9. The lowest BCUT2D eigenvalue weighted by Crippen LogP contribution is -2.41. The molecule has 20 heavy (non-hydrogen) atoms. The van der Waals surface area contributed by atoms with Crippen LogP contribution < -0.4 is 0 Å². The van der Waals surface area contributed by atoms with Crippen molar-refractivity contribution < 1.29 is 27.4 Å². The number of ether oxygens (including phenoxy) is 1. The molecule has 1 N–H and O–H groups in total. The number of halogens is 1. The van der Waals surface area contributed by atoms with Crippen LogP contribution in [0.5, 0.6) is 0 Å². The zero-order valence-electron chi connectivity index (χ0n) is 10.7. The Morgan fingerprint density at radius 2 is 2.00 bits per heavy atom. The normalized spacial score (nSPS) is 23.8. The molecule has 110 valence electrons. The molecular weight excluding hydrogens is 289 g/mol. The molecular formula is C12H14FNO5S. The van der Waals surface area contributed by atoms with Gasteiger partial charge in [0.15, 0.2) is 0 Å². The third-order valence-electron chi connectivity index (χ3n) is 3.13. The van der Waals surface area contributed by atoms with Gasteiger partial charge in [0.1, 0.15) is 11.9 Å². The van der Waals surface area contributed by atoms with Gasteiger partial charge in [-0.1, -0.05) is 0 Å². The first-order valence-corrected chi connectivity index (χ1v) is 7.33. The van der Waals surface area contributed by atoms with Gasteiger partial charge in [0, 0.05) is 13.0 Å². The van der Waals surface area contributed by atoms with Crippen molar-refractivity contribution in [1.29, 1.82) is 0 Å². The van der Waals surface area contributed by atoms with Crippen LogP contribution in [0.3, 0.4) is 0 Å². The zero-order valence-corrected chi connectivity index (χ0v) is 11.5. The number of benzene rings is 1. The molecule has 1 aliphatic rings. The zero-order chi connectivity index (χ0) is 14.9. The van der Waals surface area contributed by atoms with Crippen molar-refractivity contribution in [2.45, 2.75) is 23.5 Å². The van der Waals surface area contributed by atoms with Gasteiger partial charge in [-0.2, -0.15) is 4.31 Å². The Labute approximate surface area is 115 Å². The minimum Gasteiger partial charge on any atom is -0.468 e. The predicted octanol–water partition coefficient (Wildman–Crippen LogP) is 0.123. The molecule has 1 aromatic carbocycles. The minimum atomic E-state index is -3.99. The van der Waals surface area contributed by atoms with Gasteiger partial charge in [-0.3, -0.25) is 4.79 Å². The van der Waals surface area contributed by atoms with Crippen LogP contribution in [-0.2, 0) is 19.6 Å². The molecule has 0 amide bonds. The first-order chi connectivity index (χ1) is 9.36. The Bertz CT molecular complexity index is 601. The van der Waals surface area contributed by atoms with Crippen molar-refractivity contribution in [3.8, 4) is 0 Å². The molecule has 0 aliphatic carbocycles. The summed E-state index contributed by atoms with van der Waals surface area (Å²) in [5.41, 5.74) is 0. The second-order valence-electron chi connectivity index (χ2n) is 4.46. The van der Waals surface area contributed by atoms with Gasteiger partial charge < -0.3 is 9.84 Å². The minimum absolute atomic E-state index is 0.0207. The lowest BCUT2D eigenvalue weighted by molar-refractivity contribution is -0.144. The number of β-amino-alcohol motifs (C(OH)–C–C–N with tert-alkyl or cyclic N) is 1. The summed E-state index contributed by atoms with van der Waals surface area (Å²) < 4.78 is 43.1. The molecule has 8 heteroatoms. The summed E-state index contributed by atoms with van der Waals surface area (Å²) >= 11 is 0. The SMILES string of the molecule is COC(=O)C1CC(O)CN1S(=O)(=O)c1ccc(F)cc1. The number of aliphatic hydroxyl groups excluding tert-OH is 1. The van der Waals surface area contributed by atoms with Gasteiger partial charge in [-0.15, -0.1) is 0 Å². The number of carbonyl (C=O) groups excluding carboxylic acids is 1. The van der Waals surface area contributed by atoms with E-state index in [0.717, 1.165) is 35.7 Å². The van der Waals surface area contributed by atoms with Gasteiger partial charge in [0.2, 0.25) is 10.0 Å². The van der Waals surface area contributed by atoms with Crippen LogP contribution in [0, 0.1) is 5.82 Å². The van der Waals surface area contributed by atoms with Crippen molar-refractivity contribution in [2.24, 2.45) is 0 Å². The van der Waals surface area contributed by atoms with Crippen molar-refractivity contribution in [1.82, 2.24) is 4.31 Å². The molecule has 0 bridgehead atoms. The van der Waals surface area contributed by atoms with Gasteiger partial charge >= 0.3 is 5.97 Å². The van der Waals surface area contributed by atoms with E-state index < -0.39 is 34.0 Å². The molecule has 1 heterocycles. The Kier molecular flexibility index (Phi) is 4.07. The summed E-state index contributed by atoms with van der Waals surface area (Å²) in [6.07, 6.45) is -0.957. The highest BCUT2D eigenvalue weighted by Gasteiger charge is 2.44. The molecule has 1 saturated heterocycles. The number of hydrogen-bond acceptors (Lipinski definition) is 5. The van der Waals surface area contributed by atoms with E-state index in [2.05, 4.69) is 4.74 Å². The molecule has 1 fully saturated rings. The molecule has 2 unspecified atom stereocenters. The number of methoxy groups -OCH3 is 1. The van der Waals surface area contributed by atoms with Crippen molar-refractivity contribution in [3.05, 3.63) is 30.1 Å². The quantitative estimate of drug-likeness (QED) is 0.802. The van der Waals surface area contributed by atoms with E-state index in [1.54, 1.807) is 0 Å². The molecule has 2 atom stereocenters. The summed E-state index contributed by atoms with van der Waals surface area (Å²) in [4.78, 5) is 11.5. The number of esters is 1. The number of sulfonamides is 1. The van der Waals surface area contributed by atoms with Gasteiger partial charge in [-0.25, -0.2) is 12.8 Å². The summed E-state index contributed by atoms with van der Waals surface area (Å²) in [6, 6.07) is 3.21. The van der Waals surface area contributed by atoms with E-state index >= 15 is 0 Å². The third-order valence-corrected chi connectivity index (χ3v) is 5.02. The summed E-state index contributed by atoms with van der Waals surface area (Å²) in [5, 5.41) is 9.59. The van der Waals surface area contributed by atoms with Crippen LogP contribution in [0.4, 0.5) is 4.39 Å². The molecule has 0 saturated carbocycles. The topological polar surface area (TPSA) is 83.9 Å². The van der Waals surface area contributed by atoms with Crippen LogP contribution in [0.15, 0.2) is 29.2 Å². The number of hydrogen-bond donors (Lipinski definition) is 1. The van der Waals surface area contributed by atoms with E-state index in [0.29, 0.717) is 0 Å². The average molecular weight is 303 g/mol. The summed E-state index contributed by atoms with van der Waals surface area (Å²) in [6.45, 7) is -0.195. The fraction of sp³-hybridized carbons (Fsp3) is 0.417. The van der Waals surface area contributed by atoms with Gasteiger partial charge in [0.05, 0.1) is 18.1 Å². The lowest BCUT2D eigenvalue weighted by Gasteiger charge is -2.21. The molecule has 1 aromatic rings. The van der Waals surface area contributed by atoms with E-state index in [1.807, 2.05) is 0 Å². The van der Waals surface area contributed by atoms with Crippen LogP contribution >= 0.6 is 0 Å². The van der Waals surface area contributed by atoms with Crippen LogP contribution in [-0.4, -0.2) is 49.6 Å². The largest absolute Gasteiger partial charge is 0.468 e. The van der Waals surface area contributed by atoms with Crippen LogP contribution in [0.25, 0.3) is 0 Å². The average Bonchev–Trinajstić information content (AvgIpc) is 2.81. The number of rotatable bonds is 3. The van der Waals surface area contributed by atoms with Crippen molar-refractivity contribution in [3.63, 3.8) is 0 Å². The lowest BCUT2D eigenvalue weighted by atomic mass is 10.2. The first kappa shape index (κ1) is 14.9. The summed E-state index contributed by atoms with van der Waals surface area (Å²) in [7, 11) is -2.84. The second-order valence-corrected chi connectivity index (χ2v) is 6.35.